The normalized spacial score (nSPS) is 17.6. The Morgan fingerprint density at radius 2 is 1.51 bits per heavy atom. The molecule has 2 aliphatic rings. The Kier molecular flexibility index (Phi) is 19.0. The second-order valence-electron chi connectivity index (χ2n) is 18.9. The number of carbonyl (C=O) groups is 9. The summed E-state index contributed by atoms with van der Waals surface area (Å²) in [6.07, 6.45) is 8.43. The Balaban J connectivity index is 1.32. The van der Waals surface area contributed by atoms with Gasteiger partial charge >= 0.3 is 6.03 Å². The second-order valence-corrected chi connectivity index (χ2v) is 18.9. The quantitative estimate of drug-likeness (QED) is 0.0858. The van der Waals surface area contributed by atoms with Crippen molar-refractivity contribution in [3.05, 3.63) is 90.3 Å². The van der Waals surface area contributed by atoms with E-state index >= 15 is 0 Å². The molecular formula is C49H64FN11O9. The number of hydrogen-bond donors (Lipinski definition) is 7. The van der Waals surface area contributed by atoms with Crippen LogP contribution in [0, 0.1) is 23.1 Å². The zero-order valence-electron chi connectivity index (χ0n) is 40.4. The molecule has 9 amide bonds. The van der Waals surface area contributed by atoms with E-state index in [1.165, 1.54) is 54.6 Å². The highest BCUT2D eigenvalue weighted by Crippen LogP contribution is 2.29. The van der Waals surface area contributed by atoms with Crippen molar-refractivity contribution in [1.82, 2.24) is 51.7 Å². The van der Waals surface area contributed by atoms with Crippen molar-refractivity contribution in [1.29, 1.82) is 0 Å². The smallest absolute Gasteiger partial charge is 0.321 e. The van der Waals surface area contributed by atoms with Crippen molar-refractivity contribution >= 4 is 58.9 Å². The fourth-order valence-corrected chi connectivity index (χ4v) is 8.43. The summed E-state index contributed by atoms with van der Waals surface area (Å²) in [7, 11) is 2.94. The molecule has 1 aromatic heterocycles. The molecule has 0 radical (unpaired) electrons. The van der Waals surface area contributed by atoms with Crippen molar-refractivity contribution in [3.63, 3.8) is 0 Å². The predicted molar refractivity (Wildman–Crippen MR) is 255 cm³/mol. The van der Waals surface area contributed by atoms with Crippen LogP contribution in [-0.4, -0.2) is 131 Å². The molecule has 2 fully saturated rings. The van der Waals surface area contributed by atoms with Gasteiger partial charge < -0.3 is 47.0 Å². The van der Waals surface area contributed by atoms with Crippen LogP contribution in [-0.2, 0) is 33.6 Å². The Morgan fingerprint density at radius 1 is 0.829 bits per heavy atom. The van der Waals surface area contributed by atoms with E-state index in [0.717, 1.165) is 31.4 Å². The van der Waals surface area contributed by atoms with Crippen LogP contribution in [0.4, 0.5) is 14.9 Å². The number of aromatic nitrogens is 2. The number of ketones is 1. The lowest BCUT2D eigenvalue weighted by Gasteiger charge is -2.35. The minimum Gasteiger partial charge on any atom is -0.349 e. The van der Waals surface area contributed by atoms with Crippen LogP contribution >= 0.6 is 0 Å². The number of para-hydroxylation sites is 1. The number of rotatable bonds is 19. The van der Waals surface area contributed by atoms with Crippen LogP contribution in [0.5, 0.6) is 0 Å². The summed E-state index contributed by atoms with van der Waals surface area (Å²) >= 11 is 0. The lowest BCUT2D eigenvalue weighted by atomic mass is 9.82. The van der Waals surface area contributed by atoms with E-state index in [4.69, 9.17) is 0 Å². The largest absolute Gasteiger partial charge is 0.349 e. The number of halogens is 1. The number of benzene rings is 2. The zero-order valence-corrected chi connectivity index (χ0v) is 40.4. The average Bonchev–Trinajstić information content (AvgIpc) is 3.77. The van der Waals surface area contributed by atoms with E-state index in [2.05, 4.69) is 47.2 Å². The van der Waals surface area contributed by atoms with Gasteiger partial charge in [-0.2, -0.15) is 0 Å². The van der Waals surface area contributed by atoms with Gasteiger partial charge in [-0.05, 0) is 60.4 Å². The molecule has 2 aromatic carbocycles. The molecule has 21 heteroatoms. The summed E-state index contributed by atoms with van der Waals surface area (Å²) in [4.78, 5) is 133. The van der Waals surface area contributed by atoms with E-state index in [-0.39, 0.29) is 36.7 Å². The van der Waals surface area contributed by atoms with Crippen molar-refractivity contribution in [2.75, 3.05) is 39.0 Å². The minimum atomic E-state index is -1.39. The number of hydrogen-bond acceptors (Lipinski definition) is 11. The summed E-state index contributed by atoms with van der Waals surface area (Å²) in [5.41, 5.74) is -0.147. The van der Waals surface area contributed by atoms with Gasteiger partial charge in [-0.1, -0.05) is 83.7 Å². The summed E-state index contributed by atoms with van der Waals surface area (Å²) < 4.78 is 13.6. The summed E-state index contributed by atoms with van der Waals surface area (Å²) in [6, 6.07) is 7.01. The molecule has 20 nitrogen and oxygen atoms in total. The van der Waals surface area contributed by atoms with Gasteiger partial charge in [0.15, 0.2) is 0 Å². The standard InChI is InChI=1S/C49H64FN11O9/c1-7-14-34(40(63)45(67)53-26-37(62)57-39(47(69)60(5)6)30-19-21-31(50)22-20-30)55-42(64)33-27-61(48(70)54-32-17-12-9-13-18-32)28-36(33)56-46(68)41(49(2,3)4)59-44(66)38(29-15-10-8-11-16-29)58-43(65)35-25-51-23-24-52-35/h9,12-13,17-25,29,33-34,36,38-39,41H,7-8,10-11,14-16,26-28H2,1-6H3,(H,53,67)(H,54,70)(H,55,64)(H,56,68)(H,57,62)(H,58,65)(H,59,66)/t33-,34+,36+,38+,39?,41-/m1/s1. The molecule has 70 heavy (non-hydrogen) atoms. The molecule has 1 unspecified atom stereocenters. The molecule has 376 valence electrons. The summed E-state index contributed by atoms with van der Waals surface area (Å²) in [6.45, 7) is 5.85. The highest BCUT2D eigenvalue weighted by molar-refractivity contribution is 6.38. The number of likely N-dealkylation sites (N-methyl/N-ethyl adjacent to an activating group) is 1. The van der Waals surface area contributed by atoms with Crippen LogP contribution in [0.1, 0.15) is 94.7 Å². The van der Waals surface area contributed by atoms with E-state index in [9.17, 15) is 47.5 Å². The Morgan fingerprint density at radius 3 is 2.13 bits per heavy atom. The second kappa shape index (κ2) is 24.8. The van der Waals surface area contributed by atoms with Gasteiger partial charge in [0.25, 0.3) is 11.8 Å². The van der Waals surface area contributed by atoms with E-state index in [1.54, 1.807) is 58.0 Å². The number of carbonyl (C=O) groups excluding carboxylic acids is 9. The van der Waals surface area contributed by atoms with Gasteiger partial charge in [0.2, 0.25) is 35.3 Å². The first-order valence-corrected chi connectivity index (χ1v) is 23.4. The fourth-order valence-electron chi connectivity index (χ4n) is 8.43. The van der Waals surface area contributed by atoms with Gasteiger partial charge in [0, 0.05) is 45.3 Å². The highest BCUT2D eigenvalue weighted by atomic mass is 19.1. The van der Waals surface area contributed by atoms with Crippen LogP contribution in [0.25, 0.3) is 0 Å². The van der Waals surface area contributed by atoms with Gasteiger partial charge in [0.1, 0.15) is 29.6 Å². The Hall–Kier alpha value is -7.32. The minimum absolute atomic E-state index is 0.00377. The van der Waals surface area contributed by atoms with Crippen molar-refractivity contribution < 1.29 is 47.5 Å². The van der Waals surface area contributed by atoms with Gasteiger partial charge in [-0.25, -0.2) is 14.2 Å². The van der Waals surface area contributed by atoms with E-state index < -0.39 is 107 Å². The third-order valence-corrected chi connectivity index (χ3v) is 12.2. The van der Waals surface area contributed by atoms with E-state index in [1.807, 2.05) is 0 Å². The molecule has 6 atom stereocenters. The molecule has 5 rings (SSSR count). The maximum absolute atomic E-state index is 14.5. The molecule has 2 heterocycles. The van der Waals surface area contributed by atoms with Gasteiger partial charge in [-0.15, -0.1) is 0 Å². The molecule has 0 spiro atoms. The maximum Gasteiger partial charge on any atom is 0.321 e. The highest BCUT2D eigenvalue weighted by Gasteiger charge is 2.45. The predicted octanol–water partition coefficient (Wildman–Crippen LogP) is 2.39. The number of Topliss-reactive ketones (excluding diaryl/α,β-unsaturated/α-hetero) is 1. The molecule has 3 aromatic rings. The molecular weight excluding hydrogens is 906 g/mol. The third-order valence-electron chi connectivity index (χ3n) is 12.2. The number of amides is 9. The number of anilines is 1. The van der Waals surface area contributed by atoms with E-state index in [0.29, 0.717) is 24.9 Å². The Bertz CT molecular complexity index is 2340. The Labute approximate surface area is 406 Å². The fraction of sp³-hybridized carbons (Fsp3) is 0.490. The van der Waals surface area contributed by atoms with Crippen LogP contribution in [0.15, 0.2) is 73.2 Å². The number of urea groups is 1. The molecule has 1 aliphatic heterocycles. The monoisotopic (exact) mass is 969 g/mol. The number of likely N-dealkylation sites (tertiary alicyclic amines) is 1. The van der Waals surface area contributed by atoms with Crippen LogP contribution in [0.3, 0.4) is 0 Å². The SMILES string of the molecule is CCC[C@H](NC(=O)[C@@H]1CN(C(=O)Nc2ccccc2)C[C@@H]1NC(=O)[C@@H](NC(=O)[C@@H](NC(=O)c1cnccn1)C1CCCCC1)C(C)(C)C)C(=O)C(=O)NCC(=O)NC(C(=O)N(C)C)c1ccc(F)cc1. The first kappa shape index (κ1) is 53.6. The van der Waals surface area contributed by atoms with Gasteiger partial charge in [-0.3, -0.25) is 43.3 Å². The third kappa shape index (κ3) is 14.8. The maximum atomic E-state index is 14.5. The molecule has 0 bridgehead atoms. The first-order valence-electron chi connectivity index (χ1n) is 23.4. The molecule has 1 saturated heterocycles. The molecule has 1 saturated carbocycles. The van der Waals surface area contributed by atoms with Crippen LogP contribution in [0.2, 0.25) is 0 Å². The lowest BCUT2D eigenvalue weighted by Crippen LogP contribution is -2.61. The average molecular weight is 970 g/mol. The van der Waals surface area contributed by atoms with Crippen molar-refractivity contribution in [2.45, 2.75) is 103 Å². The zero-order chi connectivity index (χ0) is 51.1. The summed E-state index contributed by atoms with van der Waals surface area (Å²) in [5, 5.41) is 18.8. The topological polar surface area (TPSA) is 270 Å². The van der Waals surface area contributed by atoms with Crippen molar-refractivity contribution in [3.8, 4) is 0 Å². The first-order chi connectivity index (χ1) is 33.3. The molecule has 7 N–H and O–H groups in total. The number of nitrogens with one attached hydrogen (secondary N) is 7. The number of nitrogens with zero attached hydrogens (tertiary/aromatic N) is 4. The van der Waals surface area contributed by atoms with Gasteiger partial charge in [0.05, 0.1) is 30.7 Å². The van der Waals surface area contributed by atoms with Crippen molar-refractivity contribution in [2.24, 2.45) is 17.3 Å². The van der Waals surface area contributed by atoms with Crippen LogP contribution < -0.4 is 37.2 Å². The molecule has 1 aliphatic carbocycles. The lowest BCUT2D eigenvalue weighted by molar-refractivity contribution is -0.141. The summed E-state index contributed by atoms with van der Waals surface area (Å²) in [5.74, 6) is -8.21.